The molecule has 108 valence electrons. The molecule has 1 fully saturated rings. The Morgan fingerprint density at radius 3 is 2.65 bits per heavy atom. The van der Waals surface area contributed by atoms with Gasteiger partial charge in [-0.2, -0.15) is 0 Å². The number of nitrogens with zero attached hydrogens (tertiary/aromatic N) is 1. The van der Waals surface area contributed by atoms with E-state index in [0.29, 0.717) is 12.5 Å². The Bertz CT molecular complexity index is 553. The van der Waals surface area contributed by atoms with Crippen LogP contribution in [0.4, 0.5) is 5.69 Å². The van der Waals surface area contributed by atoms with E-state index in [2.05, 4.69) is 19.2 Å². The number of rotatable bonds is 5. The minimum Gasteiger partial charge on any atom is -0.351 e. The molecule has 0 aromatic heterocycles. The Hall–Kier alpha value is -1.62. The SMILES string of the molecule is CC(C)C1(CNC(=O)c2ccc(Cl)c([N+](=O)[O-])c2)CC1. The average molecular weight is 297 g/mol. The highest BCUT2D eigenvalue weighted by molar-refractivity contribution is 6.32. The van der Waals surface area contributed by atoms with Crippen LogP contribution in [0.25, 0.3) is 0 Å². The minimum atomic E-state index is -0.588. The van der Waals surface area contributed by atoms with Gasteiger partial charge >= 0.3 is 0 Å². The molecule has 1 aromatic carbocycles. The summed E-state index contributed by atoms with van der Waals surface area (Å²) in [6, 6.07) is 4.09. The summed E-state index contributed by atoms with van der Waals surface area (Å²) in [5.74, 6) is 0.221. The number of halogens is 1. The van der Waals surface area contributed by atoms with Crippen molar-refractivity contribution in [2.45, 2.75) is 26.7 Å². The molecule has 0 heterocycles. The number of hydrogen-bond donors (Lipinski definition) is 1. The van der Waals surface area contributed by atoms with Crippen LogP contribution in [0.1, 0.15) is 37.0 Å². The molecule has 0 atom stereocenters. The predicted octanol–water partition coefficient (Wildman–Crippen LogP) is 3.41. The first-order chi connectivity index (χ1) is 9.35. The average Bonchev–Trinajstić information content (AvgIpc) is 3.17. The third kappa shape index (κ3) is 2.93. The first kappa shape index (κ1) is 14.8. The van der Waals surface area contributed by atoms with E-state index in [0.717, 1.165) is 12.8 Å². The summed E-state index contributed by atoms with van der Waals surface area (Å²) in [4.78, 5) is 22.3. The number of amides is 1. The largest absolute Gasteiger partial charge is 0.351 e. The lowest BCUT2D eigenvalue weighted by Crippen LogP contribution is -2.32. The third-order valence-corrected chi connectivity index (χ3v) is 4.44. The summed E-state index contributed by atoms with van der Waals surface area (Å²) >= 11 is 5.72. The summed E-state index contributed by atoms with van der Waals surface area (Å²) < 4.78 is 0. The van der Waals surface area contributed by atoms with E-state index in [1.54, 1.807) is 0 Å². The molecule has 6 heteroatoms. The second-order valence-electron chi connectivity index (χ2n) is 5.62. The molecule has 1 N–H and O–H groups in total. The lowest BCUT2D eigenvalue weighted by molar-refractivity contribution is -0.384. The van der Waals surface area contributed by atoms with Gasteiger partial charge in [0.15, 0.2) is 0 Å². The highest BCUT2D eigenvalue weighted by atomic mass is 35.5. The molecule has 1 saturated carbocycles. The summed E-state index contributed by atoms with van der Waals surface area (Å²) in [7, 11) is 0. The fraction of sp³-hybridized carbons (Fsp3) is 0.500. The zero-order valence-corrected chi connectivity index (χ0v) is 12.2. The molecular weight excluding hydrogens is 280 g/mol. The van der Waals surface area contributed by atoms with Gasteiger partial charge in [0.05, 0.1) is 4.92 Å². The fourth-order valence-electron chi connectivity index (χ4n) is 2.27. The van der Waals surface area contributed by atoms with Crippen LogP contribution < -0.4 is 5.32 Å². The van der Waals surface area contributed by atoms with Crippen LogP contribution in [0, 0.1) is 21.4 Å². The van der Waals surface area contributed by atoms with Crippen LogP contribution in [0.5, 0.6) is 0 Å². The predicted molar refractivity (Wildman–Crippen MR) is 76.9 cm³/mol. The standard InChI is InChI=1S/C14H17ClN2O3/c1-9(2)14(5-6-14)8-16-13(18)10-3-4-11(15)12(7-10)17(19)20/h3-4,7,9H,5-6,8H2,1-2H3,(H,16,18). The van der Waals surface area contributed by atoms with Gasteiger partial charge in [0, 0.05) is 18.2 Å². The Balaban J connectivity index is 2.06. The maximum atomic E-state index is 12.1. The number of benzene rings is 1. The third-order valence-electron chi connectivity index (χ3n) is 4.12. The molecule has 1 aromatic rings. The Kier molecular flexibility index (Phi) is 3.99. The lowest BCUT2D eigenvalue weighted by atomic mass is 9.92. The van der Waals surface area contributed by atoms with Gasteiger partial charge in [-0.3, -0.25) is 14.9 Å². The Labute approximate surface area is 122 Å². The Morgan fingerprint density at radius 2 is 2.15 bits per heavy atom. The van der Waals surface area contributed by atoms with Crippen molar-refractivity contribution < 1.29 is 9.72 Å². The molecule has 1 amide bonds. The van der Waals surface area contributed by atoms with Gasteiger partial charge < -0.3 is 5.32 Å². The van der Waals surface area contributed by atoms with Crippen molar-refractivity contribution in [1.82, 2.24) is 5.32 Å². The van der Waals surface area contributed by atoms with E-state index >= 15 is 0 Å². The molecule has 2 rings (SSSR count). The number of nitro benzene ring substituents is 1. The summed E-state index contributed by atoms with van der Waals surface area (Å²) in [5.41, 5.74) is 0.221. The van der Waals surface area contributed by atoms with Crippen LogP contribution in [-0.4, -0.2) is 17.4 Å². The van der Waals surface area contributed by atoms with Crippen molar-refractivity contribution in [3.8, 4) is 0 Å². The van der Waals surface area contributed by atoms with Crippen molar-refractivity contribution in [3.63, 3.8) is 0 Å². The maximum Gasteiger partial charge on any atom is 0.288 e. The van der Waals surface area contributed by atoms with E-state index in [1.807, 2.05) is 0 Å². The zero-order chi connectivity index (χ0) is 14.9. The number of carbonyl (C=O) groups excluding carboxylic acids is 1. The highest BCUT2D eigenvalue weighted by Crippen LogP contribution is 2.51. The summed E-state index contributed by atoms with van der Waals surface area (Å²) in [6.45, 7) is 4.90. The van der Waals surface area contributed by atoms with Crippen LogP contribution in [0.3, 0.4) is 0 Å². The monoisotopic (exact) mass is 296 g/mol. The van der Waals surface area contributed by atoms with Crippen LogP contribution in [0.2, 0.25) is 5.02 Å². The van der Waals surface area contributed by atoms with Gasteiger partial charge in [0.25, 0.3) is 11.6 Å². The van der Waals surface area contributed by atoms with E-state index < -0.39 is 4.92 Å². The highest BCUT2D eigenvalue weighted by Gasteiger charge is 2.45. The topological polar surface area (TPSA) is 72.2 Å². The van der Waals surface area contributed by atoms with Crippen molar-refractivity contribution in [1.29, 1.82) is 0 Å². The molecule has 0 unspecified atom stereocenters. The zero-order valence-electron chi connectivity index (χ0n) is 11.5. The summed E-state index contributed by atoms with van der Waals surface area (Å²) in [6.07, 6.45) is 2.23. The van der Waals surface area contributed by atoms with Gasteiger partial charge in [-0.25, -0.2) is 0 Å². The smallest absolute Gasteiger partial charge is 0.288 e. The van der Waals surface area contributed by atoms with E-state index in [4.69, 9.17) is 11.6 Å². The first-order valence-electron chi connectivity index (χ1n) is 6.58. The van der Waals surface area contributed by atoms with E-state index in [1.165, 1.54) is 18.2 Å². The second kappa shape index (κ2) is 5.40. The molecule has 0 spiro atoms. The molecule has 0 saturated heterocycles. The number of nitro groups is 1. The normalized spacial score (nSPS) is 16.0. The van der Waals surface area contributed by atoms with Crippen LogP contribution in [-0.2, 0) is 0 Å². The van der Waals surface area contributed by atoms with E-state index in [-0.39, 0.29) is 27.6 Å². The molecule has 0 radical (unpaired) electrons. The van der Waals surface area contributed by atoms with Gasteiger partial charge in [-0.1, -0.05) is 25.4 Å². The molecular formula is C14H17ClN2O3. The van der Waals surface area contributed by atoms with Crippen molar-refractivity contribution >= 4 is 23.2 Å². The van der Waals surface area contributed by atoms with Crippen molar-refractivity contribution in [3.05, 3.63) is 38.9 Å². The van der Waals surface area contributed by atoms with Gasteiger partial charge in [0.2, 0.25) is 0 Å². The second-order valence-corrected chi connectivity index (χ2v) is 6.03. The molecule has 1 aliphatic carbocycles. The first-order valence-corrected chi connectivity index (χ1v) is 6.96. The number of nitrogens with one attached hydrogen (secondary N) is 1. The molecule has 1 aliphatic rings. The minimum absolute atomic E-state index is 0.0346. The van der Waals surface area contributed by atoms with Gasteiger partial charge in [0.1, 0.15) is 5.02 Å². The fourth-order valence-corrected chi connectivity index (χ4v) is 2.46. The van der Waals surface area contributed by atoms with Gasteiger partial charge in [-0.15, -0.1) is 0 Å². The quantitative estimate of drug-likeness (QED) is 0.668. The summed E-state index contributed by atoms with van der Waals surface area (Å²) in [5, 5.41) is 13.7. The van der Waals surface area contributed by atoms with E-state index in [9.17, 15) is 14.9 Å². The van der Waals surface area contributed by atoms with Crippen molar-refractivity contribution in [2.24, 2.45) is 11.3 Å². The molecule has 0 aliphatic heterocycles. The lowest BCUT2D eigenvalue weighted by Gasteiger charge is -2.19. The molecule has 5 nitrogen and oxygen atoms in total. The Morgan fingerprint density at radius 1 is 1.50 bits per heavy atom. The molecule has 20 heavy (non-hydrogen) atoms. The van der Waals surface area contributed by atoms with Crippen molar-refractivity contribution in [2.75, 3.05) is 6.54 Å². The molecule has 0 bridgehead atoms. The van der Waals surface area contributed by atoms with Crippen LogP contribution >= 0.6 is 11.6 Å². The maximum absolute atomic E-state index is 12.1. The van der Waals surface area contributed by atoms with Gasteiger partial charge in [-0.05, 0) is 36.3 Å². The number of carbonyl (C=O) groups is 1. The van der Waals surface area contributed by atoms with Crippen LogP contribution in [0.15, 0.2) is 18.2 Å². The number of hydrogen-bond acceptors (Lipinski definition) is 3.